The van der Waals surface area contributed by atoms with E-state index in [2.05, 4.69) is 66.1 Å². The Kier molecular flexibility index (Phi) is 139. The van der Waals surface area contributed by atoms with Crippen molar-refractivity contribution in [1.82, 2.24) is 49.4 Å². The van der Waals surface area contributed by atoms with Crippen LogP contribution in [0, 0.1) is 0 Å². The van der Waals surface area contributed by atoms with E-state index in [4.69, 9.17) is 0 Å². The molecule has 0 saturated heterocycles. The minimum atomic E-state index is 0. The lowest BCUT2D eigenvalue weighted by Crippen LogP contribution is -1.77. The van der Waals surface area contributed by atoms with Crippen molar-refractivity contribution in [3.8, 4) is 0 Å². The number of rotatable bonds is 0. The fourth-order valence-corrected chi connectivity index (χ4v) is 3.67. The van der Waals surface area contributed by atoms with E-state index in [1.165, 1.54) is 37.1 Å². The summed E-state index contributed by atoms with van der Waals surface area (Å²) >= 11 is 1.60. The molecule has 8 heterocycles. The Morgan fingerprint density at radius 2 is 0.880 bits per heavy atom. The molecule has 0 bridgehead atoms. The van der Waals surface area contributed by atoms with Crippen molar-refractivity contribution in [2.45, 2.75) is 163 Å². The molecule has 0 amide bonds. The number of aromatic nitrogens is 10. The first-order valence-electron chi connectivity index (χ1n) is 23.5. The highest BCUT2D eigenvalue weighted by Gasteiger charge is 1.87. The van der Waals surface area contributed by atoms with Crippen molar-refractivity contribution >= 4 is 27.9 Å². The molecule has 0 N–H and O–H groups in total. The number of para-hydroxylation sites is 1. The lowest BCUT2D eigenvalue weighted by atomic mass is 10.2. The van der Waals surface area contributed by atoms with Crippen molar-refractivity contribution in [3.05, 3.63) is 220 Å². The van der Waals surface area contributed by atoms with Crippen LogP contribution in [0.15, 0.2) is 229 Å². The zero-order valence-electron chi connectivity index (χ0n) is 44.0. The quantitative estimate of drug-likeness (QED) is 0.143. The second-order valence-corrected chi connectivity index (χ2v) is 9.86. The summed E-state index contributed by atoms with van der Waals surface area (Å²) in [6.45, 7) is 32.0. The van der Waals surface area contributed by atoms with Crippen molar-refractivity contribution in [2.75, 3.05) is 0 Å². The van der Waals surface area contributed by atoms with E-state index < -0.39 is 0 Å². The molecule has 0 radical (unpaired) electrons. The molecular formula is C62H112N10O2S. The Morgan fingerprint density at radius 3 is 1.19 bits per heavy atom. The van der Waals surface area contributed by atoms with Gasteiger partial charge >= 0.3 is 0 Å². The summed E-state index contributed by atoms with van der Waals surface area (Å²) < 4.78 is 10.7. The van der Waals surface area contributed by atoms with Crippen LogP contribution in [0.25, 0.3) is 16.6 Å². The van der Waals surface area contributed by atoms with Crippen molar-refractivity contribution < 1.29 is 8.94 Å². The van der Waals surface area contributed by atoms with Gasteiger partial charge in [-0.05, 0) is 42.5 Å². The van der Waals surface area contributed by atoms with Gasteiger partial charge in [-0.2, -0.15) is 0 Å². The molecule has 0 aliphatic carbocycles. The Hall–Kier alpha value is -7.25. The first-order chi connectivity index (χ1) is 33.9. The first-order valence-corrected chi connectivity index (χ1v) is 24.4. The maximum absolute atomic E-state index is 4.47. The largest absolute Gasteiger partial charge is 0.452 e. The molecule has 13 heteroatoms. The number of pyridine rings is 3. The summed E-state index contributed by atoms with van der Waals surface area (Å²) in [4.78, 5) is 30.1. The third-order valence-electron chi connectivity index (χ3n) is 5.50. The van der Waals surface area contributed by atoms with Gasteiger partial charge in [-0.1, -0.05) is 241 Å². The number of imidazole rings is 1. The lowest BCUT2D eigenvalue weighted by Gasteiger charge is -1.91. The molecule has 0 atom stereocenters. The summed E-state index contributed by atoms with van der Waals surface area (Å²) in [7, 11) is 0. The summed E-state index contributed by atoms with van der Waals surface area (Å²) in [5, 5.41) is 6.37. The van der Waals surface area contributed by atoms with Gasteiger partial charge < -0.3 is 13.3 Å². The van der Waals surface area contributed by atoms with Crippen molar-refractivity contribution in [3.63, 3.8) is 0 Å². The average Bonchev–Trinajstić information content (AvgIpc) is 4.37. The number of fused-ring (bicyclic) bond motifs is 2. The Morgan fingerprint density at radius 1 is 0.373 bits per heavy atom. The molecule has 0 unspecified atom stereocenters. The molecule has 10 aromatic rings. The Bertz CT molecular complexity index is 1750. The molecular weight excluding hydrogens is 949 g/mol. The molecule has 10 rings (SSSR count). The van der Waals surface area contributed by atoms with E-state index in [0.29, 0.717) is 0 Å². The fraction of sp³-hybridized carbons (Fsp3) is 0.371. The second-order valence-electron chi connectivity index (χ2n) is 9.11. The van der Waals surface area contributed by atoms with E-state index in [0.717, 1.165) is 11.2 Å². The third-order valence-corrected chi connectivity index (χ3v) is 6.02. The second kappa shape index (κ2) is 104. The normalized spacial score (nSPS) is 6.72. The fourth-order valence-electron chi connectivity index (χ4n) is 3.32. The smallest absolute Gasteiger partial charge is 0.213 e. The van der Waals surface area contributed by atoms with Crippen LogP contribution in [0.3, 0.4) is 0 Å². The van der Waals surface area contributed by atoms with Crippen LogP contribution in [0.2, 0.25) is 0 Å². The number of hydrogen-bond donors (Lipinski definition) is 0. The number of thiazole rings is 1. The molecule has 0 saturated carbocycles. The Labute approximate surface area is 466 Å². The number of hydrogen-bond acceptors (Lipinski definition) is 12. The molecule has 0 aliphatic rings. The van der Waals surface area contributed by atoms with E-state index in [-0.39, 0.29) is 52.0 Å². The van der Waals surface area contributed by atoms with Crippen molar-refractivity contribution in [1.29, 1.82) is 0 Å². The summed E-state index contributed by atoms with van der Waals surface area (Å²) in [5.74, 6) is 0. The zero-order valence-corrected chi connectivity index (χ0v) is 44.8. The van der Waals surface area contributed by atoms with Crippen LogP contribution >= 0.6 is 11.3 Å². The van der Waals surface area contributed by atoms with E-state index in [1.807, 2.05) is 236 Å². The third kappa shape index (κ3) is 75.8. The van der Waals surface area contributed by atoms with Crippen LogP contribution in [0.5, 0.6) is 0 Å². The van der Waals surface area contributed by atoms with E-state index in [1.54, 1.807) is 66.3 Å². The van der Waals surface area contributed by atoms with Crippen LogP contribution in [0.1, 0.15) is 163 Å². The highest BCUT2D eigenvalue weighted by Crippen LogP contribution is 2.08. The molecule has 0 aliphatic heterocycles. The lowest BCUT2D eigenvalue weighted by molar-refractivity contribution is 0.416. The molecule has 0 fully saturated rings. The maximum Gasteiger partial charge on any atom is 0.213 e. The summed E-state index contributed by atoms with van der Waals surface area (Å²) in [6, 6.07) is 37.5. The molecule has 0 spiro atoms. The maximum atomic E-state index is 4.47. The summed E-state index contributed by atoms with van der Waals surface area (Å²) in [6.07, 6.45) is 24.7. The van der Waals surface area contributed by atoms with Crippen LogP contribution in [-0.4, -0.2) is 49.4 Å². The van der Waals surface area contributed by atoms with Gasteiger partial charge in [0.1, 0.15) is 18.2 Å². The van der Waals surface area contributed by atoms with Crippen molar-refractivity contribution in [2.24, 2.45) is 0 Å². The highest BCUT2D eigenvalue weighted by atomic mass is 32.1. The van der Waals surface area contributed by atoms with Gasteiger partial charge in [0.15, 0.2) is 12.7 Å². The summed E-state index contributed by atoms with van der Waals surface area (Å²) in [5.41, 5.74) is 3.85. The minimum Gasteiger partial charge on any atom is -0.452 e. The highest BCUT2D eigenvalue weighted by molar-refractivity contribution is 7.07. The van der Waals surface area contributed by atoms with Gasteiger partial charge in [0.25, 0.3) is 0 Å². The monoisotopic (exact) mass is 1060 g/mol. The van der Waals surface area contributed by atoms with Gasteiger partial charge in [-0.25, -0.2) is 24.9 Å². The zero-order chi connectivity index (χ0) is 52.3. The minimum absolute atomic E-state index is 0. The topological polar surface area (TPSA) is 147 Å². The van der Waals surface area contributed by atoms with Crippen LogP contribution in [-0.2, 0) is 0 Å². The number of benzene rings is 2. The van der Waals surface area contributed by atoms with Crippen LogP contribution < -0.4 is 0 Å². The van der Waals surface area contributed by atoms with E-state index in [9.17, 15) is 0 Å². The van der Waals surface area contributed by atoms with Gasteiger partial charge in [-0.3, -0.25) is 15.0 Å². The molecule has 2 aromatic carbocycles. The molecule has 8 aromatic heterocycles. The van der Waals surface area contributed by atoms with Crippen LogP contribution in [0.4, 0.5) is 0 Å². The standard InChI is InChI=1S/C9H7N.C7H6N2.C6H6.C5H5N.C4H4N2.C3H3NO.C3H3NS.C2H2N2O.8C2H6.7CH4/c1-2-6-9-8(4-1)5-3-7-10-9;1-2-5-9-6-4-8-7(9)3-1;2*1-2-4-6-5-3-1;1-2-5-4-6-3-1;2*1-2-5-3-4-1;1-3-2-5-4-1;8*1-2;;;;;;;/h1-7H;1-6H;1-6H;1-5H;1-4H;2*1-3H;1-2H;8*1-2H3;7*1H4. The van der Waals surface area contributed by atoms with Gasteiger partial charge in [0.2, 0.25) is 6.39 Å². The van der Waals surface area contributed by atoms with Gasteiger partial charge in [0, 0.05) is 66.5 Å². The average molecular weight is 1060 g/mol. The van der Waals surface area contributed by atoms with E-state index >= 15 is 0 Å². The number of nitrogens with zero attached hydrogens (tertiary/aromatic N) is 10. The molecule has 428 valence electrons. The van der Waals surface area contributed by atoms with Gasteiger partial charge in [-0.15, -0.1) is 11.3 Å². The molecule has 12 nitrogen and oxygen atoms in total. The predicted octanol–water partition coefficient (Wildman–Crippen LogP) is 21.4. The first kappa shape index (κ1) is 101. The predicted molar refractivity (Wildman–Crippen MR) is 340 cm³/mol. The van der Waals surface area contributed by atoms with Gasteiger partial charge in [0.05, 0.1) is 17.2 Å². The number of oxazole rings is 1. The SMILES string of the molecule is C.C.C.C.C.C.C.CC.CC.CC.CC.CC.CC.CC.CC.c1ccc2ncccc2c1.c1ccccc1.c1ccn2ccnc2c1.c1ccncc1.c1cncnc1.c1cocn1.c1cscn1.c1ncon1. The molecule has 75 heavy (non-hydrogen) atoms. The Balaban J connectivity index is -0.0000000510.